The van der Waals surface area contributed by atoms with Crippen molar-refractivity contribution < 1.29 is 0 Å². The Morgan fingerprint density at radius 2 is 2.40 bits per heavy atom. The lowest BCUT2D eigenvalue weighted by Gasteiger charge is -2.23. The molecule has 0 spiro atoms. The van der Waals surface area contributed by atoms with Crippen LogP contribution in [0.25, 0.3) is 0 Å². The van der Waals surface area contributed by atoms with Crippen molar-refractivity contribution in [3.8, 4) is 0 Å². The molecule has 0 bridgehead atoms. The van der Waals surface area contributed by atoms with Gasteiger partial charge in [-0.25, -0.2) is 9.97 Å². The van der Waals surface area contributed by atoms with Crippen molar-refractivity contribution in [1.29, 1.82) is 0 Å². The summed E-state index contributed by atoms with van der Waals surface area (Å²) in [5.74, 6) is 3.28. The lowest BCUT2D eigenvalue weighted by atomic mass is 10.2. The van der Waals surface area contributed by atoms with E-state index in [1.165, 1.54) is 17.9 Å². The van der Waals surface area contributed by atoms with Crippen LogP contribution in [0.4, 0.5) is 5.95 Å². The summed E-state index contributed by atoms with van der Waals surface area (Å²) in [4.78, 5) is 11.0. The molecule has 1 aromatic heterocycles. The predicted octanol–water partition coefficient (Wildman–Crippen LogP) is 2.49. The van der Waals surface area contributed by atoms with Crippen molar-refractivity contribution in [1.82, 2.24) is 9.97 Å². The van der Waals surface area contributed by atoms with E-state index in [9.17, 15) is 0 Å². The van der Waals surface area contributed by atoms with Crippen molar-refractivity contribution in [2.75, 3.05) is 23.5 Å². The molecule has 15 heavy (non-hydrogen) atoms. The van der Waals surface area contributed by atoms with E-state index in [4.69, 9.17) is 0 Å². The minimum atomic E-state index is 0.593. The number of rotatable bonds is 2. The fourth-order valence-electron chi connectivity index (χ4n) is 1.60. The van der Waals surface area contributed by atoms with Gasteiger partial charge in [0, 0.05) is 25.0 Å². The van der Waals surface area contributed by atoms with Crippen LogP contribution in [0.3, 0.4) is 0 Å². The van der Waals surface area contributed by atoms with Gasteiger partial charge in [-0.3, -0.25) is 0 Å². The Bertz CT molecular complexity index is 353. The first-order chi connectivity index (χ1) is 7.18. The van der Waals surface area contributed by atoms with Crippen molar-refractivity contribution >= 4 is 33.6 Å². The van der Waals surface area contributed by atoms with Gasteiger partial charge in [0.15, 0.2) is 0 Å². The zero-order valence-electron chi connectivity index (χ0n) is 8.90. The minimum Gasteiger partial charge on any atom is -0.340 e. The largest absolute Gasteiger partial charge is 0.340 e. The van der Waals surface area contributed by atoms with Gasteiger partial charge in [0.05, 0.1) is 10.2 Å². The number of aromatic nitrogens is 2. The van der Waals surface area contributed by atoms with Crippen molar-refractivity contribution in [3.05, 3.63) is 16.4 Å². The normalized spacial score (nSPS) is 20.6. The SMILES string of the molecule is Cc1nc(N(C)C2CCSC2)ncc1Br. The highest BCUT2D eigenvalue weighted by molar-refractivity contribution is 9.10. The van der Waals surface area contributed by atoms with E-state index < -0.39 is 0 Å². The Morgan fingerprint density at radius 3 is 3.00 bits per heavy atom. The molecule has 82 valence electrons. The summed E-state index contributed by atoms with van der Waals surface area (Å²) in [5, 5.41) is 0. The highest BCUT2D eigenvalue weighted by Gasteiger charge is 2.22. The Hall–Kier alpha value is -0.290. The van der Waals surface area contributed by atoms with Crippen LogP contribution < -0.4 is 4.90 Å². The molecule has 2 rings (SSSR count). The molecule has 0 aliphatic carbocycles. The highest BCUT2D eigenvalue weighted by atomic mass is 79.9. The molecule has 0 N–H and O–H groups in total. The summed E-state index contributed by atoms with van der Waals surface area (Å²) in [6, 6.07) is 0.593. The van der Waals surface area contributed by atoms with Gasteiger partial charge in [0.25, 0.3) is 0 Å². The van der Waals surface area contributed by atoms with E-state index in [-0.39, 0.29) is 0 Å². The molecule has 0 amide bonds. The topological polar surface area (TPSA) is 29.0 Å². The van der Waals surface area contributed by atoms with Crippen LogP contribution in [0.5, 0.6) is 0 Å². The smallest absolute Gasteiger partial charge is 0.225 e. The van der Waals surface area contributed by atoms with Crippen molar-refractivity contribution in [2.24, 2.45) is 0 Å². The van der Waals surface area contributed by atoms with E-state index in [1.54, 1.807) is 0 Å². The summed E-state index contributed by atoms with van der Waals surface area (Å²) in [7, 11) is 2.08. The number of nitrogens with zero attached hydrogens (tertiary/aromatic N) is 3. The molecule has 0 aromatic carbocycles. The maximum absolute atomic E-state index is 4.48. The first-order valence-electron chi connectivity index (χ1n) is 4.98. The maximum Gasteiger partial charge on any atom is 0.225 e. The molecule has 1 aliphatic heterocycles. The van der Waals surface area contributed by atoms with Gasteiger partial charge in [-0.1, -0.05) is 0 Å². The van der Waals surface area contributed by atoms with E-state index in [0.717, 1.165) is 16.1 Å². The van der Waals surface area contributed by atoms with Gasteiger partial charge < -0.3 is 4.90 Å². The monoisotopic (exact) mass is 287 g/mol. The number of halogens is 1. The summed E-state index contributed by atoms with van der Waals surface area (Å²) in [5.41, 5.74) is 0.998. The second-order valence-electron chi connectivity index (χ2n) is 3.73. The average Bonchev–Trinajstić information content (AvgIpc) is 2.74. The van der Waals surface area contributed by atoms with E-state index in [0.29, 0.717) is 6.04 Å². The predicted molar refractivity (Wildman–Crippen MR) is 68.6 cm³/mol. The summed E-state index contributed by atoms with van der Waals surface area (Å²) in [6.07, 6.45) is 3.07. The van der Waals surface area contributed by atoms with Crippen molar-refractivity contribution in [2.45, 2.75) is 19.4 Å². The first-order valence-corrected chi connectivity index (χ1v) is 6.93. The van der Waals surface area contributed by atoms with Gasteiger partial charge in [-0.15, -0.1) is 0 Å². The molecular weight excluding hydrogens is 274 g/mol. The number of hydrogen-bond donors (Lipinski definition) is 0. The third-order valence-corrected chi connectivity index (χ3v) is 4.60. The van der Waals surface area contributed by atoms with Gasteiger partial charge in [-0.05, 0) is 35.0 Å². The molecular formula is C10H14BrN3S. The molecule has 1 atom stereocenters. The minimum absolute atomic E-state index is 0.593. The van der Waals surface area contributed by atoms with E-state index >= 15 is 0 Å². The molecule has 1 unspecified atom stereocenters. The van der Waals surface area contributed by atoms with Crippen molar-refractivity contribution in [3.63, 3.8) is 0 Å². The molecule has 3 nitrogen and oxygen atoms in total. The average molecular weight is 288 g/mol. The summed E-state index contributed by atoms with van der Waals surface area (Å²) < 4.78 is 0.973. The third-order valence-electron chi connectivity index (χ3n) is 2.68. The molecule has 1 fully saturated rings. The van der Waals surface area contributed by atoms with Gasteiger partial charge >= 0.3 is 0 Å². The molecule has 5 heteroatoms. The molecule has 0 saturated carbocycles. The zero-order chi connectivity index (χ0) is 10.8. The Labute approximate surface area is 103 Å². The Morgan fingerprint density at radius 1 is 1.60 bits per heavy atom. The van der Waals surface area contributed by atoms with Crippen LogP contribution in [0, 0.1) is 6.92 Å². The van der Waals surface area contributed by atoms with Crippen LogP contribution >= 0.6 is 27.7 Å². The lowest BCUT2D eigenvalue weighted by molar-refractivity contribution is 0.679. The molecule has 1 aromatic rings. The quantitative estimate of drug-likeness (QED) is 0.836. The zero-order valence-corrected chi connectivity index (χ0v) is 11.3. The number of thioether (sulfide) groups is 1. The van der Waals surface area contributed by atoms with Crippen LogP contribution in [-0.4, -0.2) is 34.6 Å². The van der Waals surface area contributed by atoms with E-state index in [1.807, 2.05) is 24.9 Å². The van der Waals surface area contributed by atoms with E-state index in [2.05, 4.69) is 37.8 Å². The van der Waals surface area contributed by atoms with Crippen LogP contribution in [0.2, 0.25) is 0 Å². The third kappa shape index (κ3) is 2.45. The summed E-state index contributed by atoms with van der Waals surface area (Å²) >= 11 is 5.42. The van der Waals surface area contributed by atoms with Gasteiger partial charge in [0.2, 0.25) is 5.95 Å². The number of hydrogen-bond acceptors (Lipinski definition) is 4. The number of aryl methyl sites for hydroxylation is 1. The maximum atomic E-state index is 4.48. The molecule has 2 heterocycles. The lowest BCUT2D eigenvalue weighted by Crippen LogP contribution is -2.32. The molecule has 1 saturated heterocycles. The first kappa shape index (κ1) is 11.2. The Kier molecular flexibility index (Phi) is 3.51. The second-order valence-corrected chi connectivity index (χ2v) is 5.74. The molecule has 1 aliphatic rings. The van der Waals surface area contributed by atoms with Crippen LogP contribution in [0.15, 0.2) is 10.7 Å². The van der Waals surface area contributed by atoms with Crippen LogP contribution in [-0.2, 0) is 0 Å². The standard InChI is InChI=1S/C10H14BrN3S/c1-7-9(11)5-12-10(13-7)14(2)8-3-4-15-6-8/h5,8H,3-4,6H2,1-2H3. The fraction of sp³-hybridized carbons (Fsp3) is 0.600. The van der Waals surface area contributed by atoms with Crippen LogP contribution in [0.1, 0.15) is 12.1 Å². The Balaban J connectivity index is 2.17. The fourth-order valence-corrected chi connectivity index (χ4v) is 3.06. The number of anilines is 1. The highest BCUT2D eigenvalue weighted by Crippen LogP contribution is 2.24. The second kappa shape index (κ2) is 4.70. The molecule has 0 radical (unpaired) electrons. The summed E-state index contributed by atoms with van der Waals surface area (Å²) in [6.45, 7) is 1.99. The van der Waals surface area contributed by atoms with Gasteiger partial charge in [0.1, 0.15) is 0 Å². The van der Waals surface area contributed by atoms with Gasteiger partial charge in [-0.2, -0.15) is 11.8 Å².